The lowest BCUT2D eigenvalue weighted by Crippen LogP contribution is -2.30. The number of nitro groups is 1. The molecule has 25 heavy (non-hydrogen) atoms. The molecule has 1 saturated heterocycles. The summed E-state index contributed by atoms with van der Waals surface area (Å²) in [6.45, 7) is 0.665. The van der Waals surface area contributed by atoms with E-state index in [0.29, 0.717) is 23.8 Å². The van der Waals surface area contributed by atoms with E-state index in [-0.39, 0.29) is 17.6 Å². The number of hydrogen-bond acceptors (Lipinski definition) is 4. The molecule has 2 aromatic rings. The molecule has 2 fully saturated rings. The molecule has 2 aliphatic rings. The maximum atomic E-state index is 12.9. The molecule has 1 aromatic carbocycles. The zero-order valence-corrected chi connectivity index (χ0v) is 13.8. The third kappa shape index (κ3) is 3.09. The number of amides is 1. The van der Waals surface area contributed by atoms with Crippen molar-refractivity contribution >= 4 is 17.3 Å². The first-order valence-electron chi connectivity index (χ1n) is 8.63. The highest BCUT2D eigenvalue weighted by atomic mass is 16.6. The summed E-state index contributed by atoms with van der Waals surface area (Å²) >= 11 is 0. The Kier molecular flexibility index (Phi) is 3.91. The van der Waals surface area contributed by atoms with E-state index in [9.17, 15) is 14.9 Å². The number of hydrogen-bond donors (Lipinski definition) is 2. The molecule has 1 unspecified atom stereocenters. The van der Waals surface area contributed by atoms with Crippen molar-refractivity contribution in [2.45, 2.75) is 37.8 Å². The Morgan fingerprint density at radius 3 is 2.80 bits per heavy atom. The van der Waals surface area contributed by atoms with Gasteiger partial charge < -0.3 is 15.2 Å². The molecule has 0 spiro atoms. The van der Waals surface area contributed by atoms with Crippen molar-refractivity contribution in [2.24, 2.45) is 0 Å². The van der Waals surface area contributed by atoms with Crippen LogP contribution in [0.25, 0.3) is 0 Å². The van der Waals surface area contributed by atoms with Crippen LogP contribution in [0.15, 0.2) is 36.5 Å². The summed E-state index contributed by atoms with van der Waals surface area (Å²) in [4.78, 5) is 28.9. The normalized spacial score (nSPS) is 19.8. The van der Waals surface area contributed by atoms with Gasteiger partial charge >= 0.3 is 0 Å². The summed E-state index contributed by atoms with van der Waals surface area (Å²) in [6, 6.07) is 8.95. The molecule has 7 nitrogen and oxygen atoms in total. The van der Waals surface area contributed by atoms with Gasteiger partial charge in [-0.15, -0.1) is 0 Å². The predicted molar refractivity (Wildman–Crippen MR) is 93.5 cm³/mol. The largest absolute Gasteiger partial charge is 0.377 e. The minimum absolute atomic E-state index is 0.00539. The molecule has 2 N–H and O–H groups in total. The van der Waals surface area contributed by atoms with Crippen molar-refractivity contribution in [1.82, 2.24) is 9.88 Å². The number of rotatable bonds is 5. The number of carbonyl (C=O) groups excluding carboxylic acids is 1. The summed E-state index contributed by atoms with van der Waals surface area (Å²) < 4.78 is 0. The second-order valence-corrected chi connectivity index (χ2v) is 6.69. The standard InChI is InChI=1S/C18H20N4O3/c23-18(21-10-2-4-16(21)14-3-1-9-19-14)12-5-8-15(20-13-6-7-13)17(11-12)22(24)25/h1,3,5,8-9,11,13,16,19-20H,2,4,6-7,10H2. The van der Waals surface area contributed by atoms with Crippen LogP contribution >= 0.6 is 0 Å². The number of benzene rings is 1. The lowest BCUT2D eigenvalue weighted by Gasteiger charge is -2.24. The topological polar surface area (TPSA) is 91.3 Å². The third-order valence-corrected chi connectivity index (χ3v) is 4.87. The molecule has 1 amide bonds. The van der Waals surface area contributed by atoms with E-state index in [0.717, 1.165) is 31.4 Å². The Balaban J connectivity index is 1.61. The molecule has 4 rings (SSSR count). The van der Waals surface area contributed by atoms with Crippen LogP contribution in [0.4, 0.5) is 11.4 Å². The number of aromatic amines is 1. The summed E-state index contributed by atoms with van der Waals surface area (Å²) in [5.41, 5.74) is 1.83. The Morgan fingerprint density at radius 2 is 2.12 bits per heavy atom. The minimum Gasteiger partial charge on any atom is -0.377 e. The van der Waals surface area contributed by atoms with Gasteiger partial charge in [-0.05, 0) is 49.9 Å². The summed E-state index contributed by atoms with van der Waals surface area (Å²) in [7, 11) is 0. The zero-order valence-electron chi connectivity index (χ0n) is 13.8. The highest BCUT2D eigenvalue weighted by Crippen LogP contribution is 2.35. The molecule has 2 heterocycles. The van der Waals surface area contributed by atoms with E-state index in [1.807, 2.05) is 18.3 Å². The van der Waals surface area contributed by atoms with Crippen LogP contribution in [0.2, 0.25) is 0 Å². The fourth-order valence-corrected chi connectivity index (χ4v) is 3.44. The number of nitrogens with zero attached hydrogens (tertiary/aromatic N) is 2. The predicted octanol–water partition coefficient (Wildman–Crippen LogP) is 3.47. The van der Waals surface area contributed by atoms with Gasteiger partial charge in [0.2, 0.25) is 0 Å². The summed E-state index contributed by atoms with van der Waals surface area (Å²) in [6.07, 6.45) is 5.74. The Labute approximate surface area is 145 Å². The van der Waals surface area contributed by atoms with E-state index in [2.05, 4.69) is 10.3 Å². The van der Waals surface area contributed by atoms with Crippen LogP contribution in [0.5, 0.6) is 0 Å². The first-order valence-corrected chi connectivity index (χ1v) is 8.63. The maximum absolute atomic E-state index is 12.9. The van der Waals surface area contributed by atoms with Gasteiger partial charge in [0.25, 0.3) is 11.6 Å². The van der Waals surface area contributed by atoms with Gasteiger partial charge in [-0.3, -0.25) is 14.9 Å². The molecular formula is C18H20N4O3. The number of carbonyl (C=O) groups is 1. The maximum Gasteiger partial charge on any atom is 0.293 e. The molecule has 0 bridgehead atoms. The van der Waals surface area contributed by atoms with Crippen molar-refractivity contribution in [1.29, 1.82) is 0 Å². The second kappa shape index (κ2) is 6.23. The SMILES string of the molecule is O=C(c1ccc(NC2CC2)c([N+](=O)[O-])c1)N1CCCC1c1ccc[nH]1. The molecule has 1 atom stereocenters. The monoisotopic (exact) mass is 340 g/mol. The van der Waals surface area contributed by atoms with Crippen molar-refractivity contribution in [3.63, 3.8) is 0 Å². The van der Waals surface area contributed by atoms with Crippen LogP contribution in [-0.4, -0.2) is 33.3 Å². The molecule has 0 radical (unpaired) electrons. The minimum atomic E-state index is -0.423. The fourth-order valence-electron chi connectivity index (χ4n) is 3.44. The summed E-state index contributed by atoms with van der Waals surface area (Å²) in [5, 5.41) is 14.6. The number of nitrogens with one attached hydrogen (secondary N) is 2. The van der Waals surface area contributed by atoms with Gasteiger partial charge in [0.15, 0.2) is 0 Å². The lowest BCUT2D eigenvalue weighted by atomic mass is 10.1. The average Bonchev–Trinajstić information content (AvgIpc) is 3.08. The van der Waals surface area contributed by atoms with Gasteiger partial charge in [-0.25, -0.2) is 0 Å². The lowest BCUT2D eigenvalue weighted by molar-refractivity contribution is -0.384. The van der Waals surface area contributed by atoms with Crippen molar-refractivity contribution in [3.05, 3.63) is 57.9 Å². The van der Waals surface area contributed by atoms with E-state index in [4.69, 9.17) is 0 Å². The average molecular weight is 340 g/mol. The van der Waals surface area contributed by atoms with E-state index in [1.54, 1.807) is 17.0 Å². The Bertz CT molecular complexity index is 799. The Hall–Kier alpha value is -2.83. The first-order chi connectivity index (χ1) is 12.1. The fraction of sp³-hybridized carbons (Fsp3) is 0.389. The number of anilines is 1. The van der Waals surface area contributed by atoms with Gasteiger partial charge in [-0.2, -0.15) is 0 Å². The molecule has 1 aliphatic heterocycles. The molecule has 130 valence electrons. The van der Waals surface area contributed by atoms with E-state index < -0.39 is 4.92 Å². The van der Waals surface area contributed by atoms with Gasteiger partial charge in [0, 0.05) is 36.1 Å². The van der Waals surface area contributed by atoms with Gasteiger partial charge in [0.1, 0.15) is 5.69 Å². The van der Waals surface area contributed by atoms with Crippen LogP contribution < -0.4 is 5.32 Å². The van der Waals surface area contributed by atoms with E-state index >= 15 is 0 Å². The van der Waals surface area contributed by atoms with Crippen LogP contribution in [0.3, 0.4) is 0 Å². The highest BCUT2D eigenvalue weighted by molar-refractivity contribution is 5.96. The van der Waals surface area contributed by atoms with Gasteiger partial charge in [-0.1, -0.05) is 0 Å². The van der Waals surface area contributed by atoms with Gasteiger partial charge in [0.05, 0.1) is 11.0 Å². The van der Waals surface area contributed by atoms with Crippen LogP contribution in [0.1, 0.15) is 47.8 Å². The van der Waals surface area contributed by atoms with Crippen molar-refractivity contribution in [2.75, 3.05) is 11.9 Å². The van der Waals surface area contributed by atoms with Crippen LogP contribution in [-0.2, 0) is 0 Å². The molecule has 1 saturated carbocycles. The number of nitro benzene ring substituents is 1. The van der Waals surface area contributed by atoms with E-state index in [1.165, 1.54) is 6.07 Å². The van der Waals surface area contributed by atoms with Crippen molar-refractivity contribution < 1.29 is 9.72 Å². The zero-order chi connectivity index (χ0) is 17.4. The number of aromatic nitrogens is 1. The Morgan fingerprint density at radius 1 is 1.28 bits per heavy atom. The second-order valence-electron chi connectivity index (χ2n) is 6.69. The molecule has 1 aromatic heterocycles. The molecule has 7 heteroatoms. The highest BCUT2D eigenvalue weighted by Gasteiger charge is 2.32. The first kappa shape index (κ1) is 15.7. The summed E-state index contributed by atoms with van der Waals surface area (Å²) in [5.74, 6) is -0.154. The number of likely N-dealkylation sites (tertiary alicyclic amines) is 1. The van der Waals surface area contributed by atoms with Crippen LogP contribution in [0, 0.1) is 10.1 Å². The smallest absolute Gasteiger partial charge is 0.293 e. The molecular weight excluding hydrogens is 320 g/mol. The quantitative estimate of drug-likeness (QED) is 0.644. The third-order valence-electron chi connectivity index (χ3n) is 4.87. The number of H-pyrrole nitrogens is 1. The molecule has 1 aliphatic carbocycles. The van der Waals surface area contributed by atoms with Crippen molar-refractivity contribution in [3.8, 4) is 0 Å².